The normalized spacial score (nSPS) is 37.7. The summed E-state index contributed by atoms with van der Waals surface area (Å²) in [5, 5.41) is 11.2. The van der Waals surface area contributed by atoms with E-state index in [1.807, 2.05) is 0 Å². The minimum atomic E-state index is -5.13. The standard InChI is InChI=1S/C21H25FN10O11P2/c1-44(35)38-2-7-9(22)14(20(40-7)32-6-28-11-17(32)29-21(24)30-18(11)34)43-45(36,37)39-3-8-13(42-44)12(33)19(41-8)31-5-27-10-15(23)25-4-26-16(10)31/h4-9,12-14,19-20,33H,2-3H2,1H3,(H,36,37)(H2,23,25,26)(H3,24,29,30,34)/t7-,8-,9+,12-,13-,14-,19-,20-,44?/m1/s1. The highest BCUT2D eigenvalue weighted by molar-refractivity contribution is 7.53. The molecule has 0 radical (unpaired) electrons. The lowest BCUT2D eigenvalue weighted by atomic mass is 10.1. The summed E-state index contributed by atoms with van der Waals surface area (Å²) >= 11 is 0. The van der Waals surface area contributed by atoms with E-state index in [1.54, 1.807) is 0 Å². The monoisotopic (exact) mass is 674 g/mol. The molecule has 10 atom stereocenters. The van der Waals surface area contributed by atoms with Gasteiger partial charge < -0.3 is 35.5 Å². The summed E-state index contributed by atoms with van der Waals surface area (Å²) in [4.78, 5) is 45.3. The molecule has 0 aromatic carbocycles. The first-order valence-corrected chi connectivity index (χ1v) is 16.6. The fourth-order valence-electron chi connectivity index (χ4n) is 5.38. The van der Waals surface area contributed by atoms with Crippen LogP contribution in [0.1, 0.15) is 12.5 Å². The van der Waals surface area contributed by atoms with Crippen molar-refractivity contribution in [3.63, 3.8) is 0 Å². The van der Waals surface area contributed by atoms with Crippen LogP contribution < -0.4 is 17.0 Å². The molecule has 7 N–H and O–H groups in total. The van der Waals surface area contributed by atoms with Crippen molar-refractivity contribution in [2.45, 2.75) is 49.1 Å². The number of hydrogen-bond donors (Lipinski definition) is 5. The van der Waals surface area contributed by atoms with E-state index in [9.17, 15) is 23.9 Å². The van der Waals surface area contributed by atoms with Gasteiger partial charge in [0, 0.05) is 6.66 Å². The van der Waals surface area contributed by atoms with Gasteiger partial charge in [-0.3, -0.25) is 37.0 Å². The highest BCUT2D eigenvalue weighted by Crippen LogP contribution is 2.54. The number of H-pyrrole nitrogens is 1. The SMILES string of the molecule is CP1(=O)OC[C@H]2O[C@@H](n3cnc4c(=O)[nH]c(N)nc43)[C@H](OP(=O)(O)OC[C@H]3O[C@@H](n4cnc5c(N)ncnc54)[C@H](O)[C@@H]3O1)[C@H]2F. The smallest absolute Gasteiger partial charge is 0.386 e. The van der Waals surface area contributed by atoms with Gasteiger partial charge in [-0.2, -0.15) is 4.98 Å². The lowest BCUT2D eigenvalue weighted by molar-refractivity contribution is -0.0642. The Kier molecular flexibility index (Phi) is 7.28. The first-order valence-electron chi connectivity index (χ1n) is 13.2. The molecule has 7 rings (SSSR count). The lowest BCUT2D eigenvalue weighted by Gasteiger charge is -2.26. The van der Waals surface area contributed by atoms with E-state index < -0.39 is 83.3 Å². The maximum absolute atomic E-state index is 15.8. The second-order valence-electron chi connectivity index (χ2n) is 10.4. The molecule has 0 aliphatic carbocycles. The Morgan fingerprint density at radius 2 is 1.64 bits per heavy atom. The van der Waals surface area contributed by atoms with Gasteiger partial charge >= 0.3 is 15.4 Å². The molecule has 2 unspecified atom stereocenters. The van der Waals surface area contributed by atoms with E-state index in [4.69, 9.17) is 39.0 Å². The van der Waals surface area contributed by atoms with Gasteiger partial charge in [0.25, 0.3) is 5.56 Å². The number of phosphoric ester groups is 1. The molecule has 2 bridgehead atoms. The molecule has 0 amide bonds. The minimum Gasteiger partial charge on any atom is -0.386 e. The molecular weight excluding hydrogens is 649 g/mol. The van der Waals surface area contributed by atoms with Crippen LogP contribution in [0.15, 0.2) is 23.8 Å². The van der Waals surface area contributed by atoms with Gasteiger partial charge in [0.2, 0.25) is 5.95 Å². The molecule has 7 heterocycles. The van der Waals surface area contributed by atoms with Crippen LogP contribution in [0.3, 0.4) is 0 Å². The fraction of sp³-hybridized carbons (Fsp3) is 0.524. The van der Waals surface area contributed by atoms with Crippen molar-refractivity contribution in [3.8, 4) is 0 Å². The largest absolute Gasteiger partial charge is 0.472 e. The second kappa shape index (κ2) is 10.8. The molecule has 0 spiro atoms. The van der Waals surface area contributed by atoms with Crippen LogP contribution in [0.25, 0.3) is 22.3 Å². The van der Waals surface area contributed by atoms with Crippen LogP contribution in [-0.4, -0.2) is 106 Å². The molecule has 3 saturated heterocycles. The number of ether oxygens (including phenoxy) is 2. The van der Waals surface area contributed by atoms with Crippen LogP contribution in [-0.2, 0) is 36.7 Å². The number of anilines is 2. The topological polar surface area (TPSA) is 289 Å². The predicted octanol–water partition coefficient (Wildman–Crippen LogP) is -0.642. The van der Waals surface area contributed by atoms with Gasteiger partial charge in [0.05, 0.1) is 25.9 Å². The van der Waals surface area contributed by atoms with E-state index in [0.29, 0.717) is 0 Å². The first-order chi connectivity index (χ1) is 21.3. The Morgan fingerprint density at radius 3 is 2.42 bits per heavy atom. The van der Waals surface area contributed by atoms with Crippen molar-refractivity contribution in [2.75, 3.05) is 31.3 Å². The number of nitrogen functional groups attached to an aromatic ring is 2. The lowest BCUT2D eigenvalue weighted by Crippen LogP contribution is -2.36. The maximum atomic E-state index is 15.8. The molecular formula is C21H25FN10O11P2. The number of aliphatic hydroxyl groups is 1. The number of aromatic amines is 1. The second-order valence-corrected chi connectivity index (χ2v) is 13.8. The summed E-state index contributed by atoms with van der Waals surface area (Å²) in [6, 6.07) is 0. The summed E-state index contributed by atoms with van der Waals surface area (Å²) < 4.78 is 78.1. The third kappa shape index (κ3) is 5.31. The van der Waals surface area contributed by atoms with Gasteiger partial charge in [-0.15, -0.1) is 0 Å². The van der Waals surface area contributed by atoms with E-state index in [-0.39, 0.29) is 34.1 Å². The summed E-state index contributed by atoms with van der Waals surface area (Å²) in [5.41, 5.74) is 10.9. The zero-order chi connectivity index (χ0) is 31.8. The minimum absolute atomic E-state index is 0.0641. The van der Waals surface area contributed by atoms with Crippen molar-refractivity contribution in [2.24, 2.45) is 0 Å². The third-order valence-electron chi connectivity index (χ3n) is 7.40. The van der Waals surface area contributed by atoms with Gasteiger partial charge in [0.1, 0.15) is 42.4 Å². The summed E-state index contributed by atoms with van der Waals surface area (Å²) in [6.45, 7) is -0.376. The number of rotatable bonds is 2. The number of imidazole rings is 2. The molecule has 45 heavy (non-hydrogen) atoms. The Hall–Kier alpha value is -3.43. The van der Waals surface area contributed by atoms with Crippen LogP contribution in [0.2, 0.25) is 0 Å². The Labute approximate surface area is 249 Å². The molecule has 242 valence electrons. The average molecular weight is 674 g/mol. The highest BCUT2D eigenvalue weighted by atomic mass is 31.2. The van der Waals surface area contributed by atoms with Crippen LogP contribution >= 0.6 is 15.4 Å². The number of alkyl halides is 1. The van der Waals surface area contributed by atoms with E-state index in [0.717, 1.165) is 17.6 Å². The number of fused-ring (bicyclic) bond motifs is 5. The Bertz CT molecular complexity index is 1940. The zero-order valence-corrected chi connectivity index (χ0v) is 24.7. The van der Waals surface area contributed by atoms with Crippen molar-refractivity contribution >= 4 is 49.5 Å². The molecule has 4 aromatic rings. The number of aliphatic hydroxyl groups excluding tert-OH is 1. The van der Waals surface area contributed by atoms with Gasteiger partial charge in [-0.1, -0.05) is 0 Å². The Morgan fingerprint density at radius 1 is 0.956 bits per heavy atom. The van der Waals surface area contributed by atoms with Crippen LogP contribution in [0, 0.1) is 0 Å². The van der Waals surface area contributed by atoms with Crippen molar-refractivity contribution in [3.05, 3.63) is 29.3 Å². The number of halogens is 1. The van der Waals surface area contributed by atoms with Crippen molar-refractivity contribution in [1.29, 1.82) is 0 Å². The molecule has 3 fully saturated rings. The van der Waals surface area contributed by atoms with E-state index >= 15 is 4.39 Å². The zero-order valence-electron chi connectivity index (χ0n) is 22.9. The summed E-state index contributed by atoms with van der Waals surface area (Å²) in [5.74, 6) is -0.218. The van der Waals surface area contributed by atoms with Gasteiger partial charge in [0.15, 0.2) is 41.3 Å². The van der Waals surface area contributed by atoms with Crippen LogP contribution in [0.5, 0.6) is 0 Å². The third-order valence-corrected chi connectivity index (χ3v) is 9.63. The molecule has 21 nitrogen and oxygen atoms in total. The molecule has 3 aliphatic rings. The average Bonchev–Trinajstić information content (AvgIpc) is 3.72. The van der Waals surface area contributed by atoms with Crippen molar-refractivity contribution in [1.82, 2.24) is 39.0 Å². The molecule has 3 aliphatic heterocycles. The number of nitrogens with two attached hydrogens (primary N) is 2. The van der Waals surface area contributed by atoms with Gasteiger partial charge in [-0.25, -0.2) is 28.9 Å². The number of nitrogens with one attached hydrogen (secondary N) is 1. The highest BCUT2D eigenvalue weighted by Gasteiger charge is 2.54. The van der Waals surface area contributed by atoms with E-state index in [2.05, 4.69) is 29.9 Å². The Balaban J connectivity index is 1.21. The molecule has 0 saturated carbocycles. The first kappa shape index (κ1) is 30.2. The fourth-order valence-corrected chi connectivity index (χ4v) is 7.48. The summed E-state index contributed by atoms with van der Waals surface area (Å²) in [7, 11) is -9.25. The number of nitrogens with zero attached hydrogens (tertiary/aromatic N) is 7. The number of aromatic nitrogens is 8. The van der Waals surface area contributed by atoms with E-state index in [1.165, 1.54) is 17.2 Å². The van der Waals surface area contributed by atoms with Gasteiger partial charge in [-0.05, 0) is 0 Å². The quantitative estimate of drug-likeness (QED) is 0.165. The van der Waals surface area contributed by atoms with Crippen LogP contribution in [0.4, 0.5) is 16.2 Å². The number of phosphoric acid groups is 1. The van der Waals surface area contributed by atoms with Crippen molar-refractivity contribution < 1.29 is 51.1 Å². The predicted molar refractivity (Wildman–Crippen MR) is 146 cm³/mol. The number of hydrogen-bond acceptors (Lipinski definition) is 17. The molecule has 24 heteroatoms. The summed E-state index contributed by atoms with van der Waals surface area (Å²) in [6.07, 6.45) is -9.20. The maximum Gasteiger partial charge on any atom is 0.472 e. The molecule has 4 aromatic heterocycles.